The van der Waals surface area contributed by atoms with Crippen LogP contribution in [0.1, 0.15) is 56.9 Å². The van der Waals surface area contributed by atoms with E-state index in [2.05, 4.69) is 5.32 Å². The molecule has 1 aromatic rings. The zero-order valence-electron chi connectivity index (χ0n) is 17.7. The quantitative estimate of drug-likeness (QED) is 0.719. The topological polar surface area (TPSA) is 84.9 Å². The Hall–Kier alpha value is -2.57. The molecule has 2 atom stereocenters. The number of esters is 1. The number of piperidine rings is 1. The second-order valence-electron chi connectivity index (χ2n) is 8.15. The number of carbonyl (C=O) groups excluding carboxylic acids is 3. The molecule has 1 aliphatic carbocycles. The fourth-order valence-electron chi connectivity index (χ4n) is 4.50. The molecule has 30 heavy (non-hydrogen) atoms. The summed E-state index contributed by atoms with van der Waals surface area (Å²) in [6.45, 7) is 0.648. The molecule has 0 radical (unpaired) electrons. The van der Waals surface area contributed by atoms with Crippen molar-refractivity contribution in [3.63, 3.8) is 0 Å². The van der Waals surface area contributed by atoms with Gasteiger partial charge < -0.3 is 19.7 Å². The van der Waals surface area contributed by atoms with Crippen LogP contribution in [0.4, 0.5) is 4.79 Å². The molecule has 1 saturated heterocycles. The van der Waals surface area contributed by atoms with Crippen LogP contribution in [0.5, 0.6) is 0 Å². The summed E-state index contributed by atoms with van der Waals surface area (Å²) in [4.78, 5) is 39.9. The van der Waals surface area contributed by atoms with Crippen LogP contribution in [-0.4, -0.2) is 48.6 Å². The molecule has 1 saturated carbocycles. The van der Waals surface area contributed by atoms with Gasteiger partial charge in [0.1, 0.15) is 18.7 Å². The molecular formula is C23H32N2O5. The van der Waals surface area contributed by atoms with Crippen molar-refractivity contribution in [2.45, 2.75) is 70.1 Å². The number of amides is 2. The monoisotopic (exact) mass is 416 g/mol. The van der Waals surface area contributed by atoms with Crippen LogP contribution in [0.15, 0.2) is 30.3 Å². The van der Waals surface area contributed by atoms with Crippen LogP contribution >= 0.6 is 0 Å². The molecule has 0 spiro atoms. The fraction of sp³-hybridized carbons (Fsp3) is 0.609. The summed E-state index contributed by atoms with van der Waals surface area (Å²) < 4.78 is 10.3. The second kappa shape index (κ2) is 11.0. The minimum absolute atomic E-state index is 0.0516. The van der Waals surface area contributed by atoms with E-state index in [-0.39, 0.29) is 18.4 Å². The van der Waals surface area contributed by atoms with E-state index in [1.807, 2.05) is 30.3 Å². The molecule has 7 nitrogen and oxygen atoms in total. The molecule has 1 aliphatic heterocycles. The lowest BCUT2D eigenvalue weighted by Gasteiger charge is -2.38. The van der Waals surface area contributed by atoms with Crippen LogP contribution in [0.2, 0.25) is 0 Å². The van der Waals surface area contributed by atoms with Gasteiger partial charge in [0.15, 0.2) is 0 Å². The fourth-order valence-corrected chi connectivity index (χ4v) is 4.50. The Bertz CT molecular complexity index is 718. The van der Waals surface area contributed by atoms with Gasteiger partial charge in [-0.2, -0.15) is 0 Å². The summed E-state index contributed by atoms with van der Waals surface area (Å²) in [6, 6.07) is 8.17. The van der Waals surface area contributed by atoms with Gasteiger partial charge in [-0.25, -0.2) is 9.59 Å². The third-order valence-corrected chi connectivity index (χ3v) is 6.13. The van der Waals surface area contributed by atoms with Crippen LogP contribution in [-0.2, 0) is 25.7 Å². The van der Waals surface area contributed by atoms with E-state index in [0.717, 1.165) is 50.5 Å². The first kappa shape index (κ1) is 22.1. The van der Waals surface area contributed by atoms with Gasteiger partial charge in [0, 0.05) is 6.54 Å². The molecule has 0 bridgehead atoms. The Labute approximate surface area is 178 Å². The van der Waals surface area contributed by atoms with Gasteiger partial charge in [0.25, 0.3) is 0 Å². The summed E-state index contributed by atoms with van der Waals surface area (Å²) in [5, 5.41) is 2.83. The Morgan fingerprint density at radius 1 is 1.03 bits per heavy atom. The lowest BCUT2D eigenvalue weighted by Crippen LogP contribution is -2.58. The number of rotatable bonds is 6. The van der Waals surface area contributed by atoms with Gasteiger partial charge in [0.05, 0.1) is 7.11 Å². The second-order valence-corrected chi connectivity index (χ2v) is 8.15. The van der Waals surface area contributed by atoms with Gasteiger partial charge in [-0.15, -0.1) is 0 Å². The van der Waals surface area contributed by atoms with Gasteiger partial charge in [-0.05, 0) is 43.6 Å². The number of ether oxygens (including phenoxy) is 2. The first-order valence-corrected chi connectivity index (χ1v) is 11.0. The van der Waals surface area contributed by atoms with E-state index in [1.165, 1.54) is 7.11 Å². The van der Waals surface area contributed by atoms with Crippen molar-refractivity contribution in [3.05, 3.63) is 35.9 Å². The molecule has 2 fully saturated rings. The molecule has 3 rings (SSSR count). The van der Waals surface area contributed by atoms with Crippen molar-refractivity contribution in [2.75, 3.05) is 13.7 Å². The molecule has 1 heterocycles. The Balaban J connectivity index is 1.70. The lowest BCUT2D eigenvalue weighted by molar-refractivity contribution is -0.156. The van der Waals surface area contributed by atoms with Crippen molar-refractivity contribution >= 4 is 18.0 Å². The number of alkyl carbamates (subject to hydrolysis) is 1. The largest absolute Gasteiger partial charge is 0.467 e. The average molecular weight is 417 g/mol. The third kappa shape index (κ3) is 5.74. The molecule has 1 unspecified atom stereocenters. The normalized spacial score (nSPS) is 20.8. The minimum Gasteiger partial charge on any atom is -0.467 e. The number of hydrogen-bond donors (Lipinski definition) is 1. The Morgan fingerprint density at radius 3 is 2.43 bits per heavy atom. The summed E-state index contributed by atoms with van der Waals surface area (Å²) in [5.41, 5.74) is 0.884. The van der Waals surface area contributed by atoms with E-state index in [0.29, 0.717) is 13.0 Å². The molecule has 1 aromatic carbocycles. The number of likely N-dealkylation sites (tertiary alicyclic amines) is 1. The molecule has 2 amide bonds. The number of nitrogens with zero attached hydrogens (tertiary/aromatic N) is 1. The molecule has 0 aromatic heterocycles. The average Bonchev–Trinajstić information content (AvgIpc) is 2.81. The molecule has 7 heteroatoms. The highest BCUT2D eigenvalue weighted by molar-refractivity contribution is 5.90. The highest BCUT2D eigenvalue weighted by Crippen LogP contribution is 2.29. The third-order valence-electron chi connectivity index (χ3n) is 6.13. The van der Waals surface area contributed by atoms with Crippen molar-refractivity contribution in [1.29, 1.82) is 0 Å². The highest BCUT2D eigenvalue weighted by Gasteiger charge is 2.40. The maximum absolute atomic E-state index is 13.5. The van der Waals surface area contributed by atoms with Crippen LogP contribution < -0.4 is 5.32 Å². The smallest absolute Gasteiger partial charge is 0.408 e. The van der Waals surface area contributed by atoms with Crippen molar-refractivity contribution < 1.29 is 23.9 Å². The standard InChI is InChI=1S/C23H32N2O5/c1-29-22(27)19-14-8-9-15-25(19)21(26)20(18-12-6-3-7-13-18)24-23(28)30-16-17-10-4-2-5-11-17/h2,4-5,10-11,18-20H,3,6-9,12-16H2,1H3,(H,24,28)/t19-,20?/m0/s1. The summed E-state index contributed by atoms with van der Waals surface area (Å²) in [6.07, 6.45) is 6.69. The minimum atomic E-state index is -0.682. The van der Waals surface area contributed by atoms with E-state index < -0.39 is 24.1 Å². The van der Waals surface area contributed by atoms with E-state index >= 15 is 0 Å². The van der Waals surface area contributed by atoms with Crippen molar-refractivity contribution in [2.24, 2.45) is 5.92 Å². The number of methoxy groups -OCH3 is 1. The highest BCUT2D eigenvalue weighted by atomic mass is 16.5. The van der Waals surface area contributed by atoms with E-state index in [4.69, 9.17) is 9.47 Å². The molecular weight excluding hydrogens is 384 g/mol. The first-order chi connectivity index (χ1) is 14.6. The summed E-state index contributed by atoms with van der Waals surface area (Å²) in [7, 11) is 1.34. The maximum Gasteiger partial charge on any atom is 0.408 e. The molecule has 1 N–H and O–H groups in total. The predicted octanol–water partition coefficient (Wildman–Crippen LogP) is 3.42. The van der Waals surface area contributed by atoms with Crippen LogP contribution in [0, 0.1) is 5.92 Å². The lowest BCUT2D eigenvalue weighted by atomic mass is 9.83. The number of nitrogens with one attached hydrogen (secondary N) is 1. The summed E-state index contributed by atoms with van der Waals surface area (Å²) >= 11 is 0. The zero-order valence-corrected chi connectivity index (χ0v) is 17.7. The molecule has 164 valence electrons. The SMILES string of the molecule is COC(=O)[C@@H]1CCCCN1C(=O)C(NC(=O)OCc1ccccc1)C1CCCCC1. The Kier molecular flexibility index (Phi) is 8.11. The van der Waals surface area contributed by atoms with Crippen LogP contribution in [0.25, 0.3) is 0 Å². The predicted molar refractivity (Wildman–Crippen MR) is 111 cm³/mol. The zero-order chi connectivity index (χ0) is 21.3. The number of benzene rings is 1. The van der Waals surface area contributed by atoms with Crippen molar-refractivity contribution in [3.8, 4) is 0 Å². The maximum atomic E-state index is 13.5. The van der Waals surface area contributed by atoms with Gasteiger partial charge >= 0.3 is 12.1 Å². The van der Waals surface area contributed by atoms with Gasteiger partial charge in [0.2, 0.25) is 5.91 Å². The van der Waals surface area contributed by atoms with Gasteiger partial charge in [-0.1, -0.05) is 49.6 Å². The number of carbonyl (C=O) groups is 3. The van der Waals surface area contributed by atoms with Crippen molar-refractivity contribution in [1.82, 2.24) is 10.2 Å². The number of hydrogen-bond acceptors (Lipinski definition) is 5. The Morgan fingerprint density at radius 2 is 1.73 bits per heavy atom. The van der Waals surface area contributed by atoms with E-state index in [9.17, 15) is 14.4 Å². The summed E-state index contributed by atoms with van der Waals surface area (Å²) in [5.74, 6) is -0.540. The molecule has 2 aliphatic rings. The first-order valence-electron chi connectivity index (χ1n) is 11.0. The van der Waals surface area contributed by atoms with Crippen LogP contribution in [0.3, 0.4) is 0 Å². The van der Waals surface area contributed by atoms with E-state index in [1.54, 1.807) is 4.90 Å². The van der Waals surface area contributed by atoms with Gasteiger partial charge in [-0.3, -0.25) is 4.79 Å².